The second-order valence-corrected chi connectivity index (χ2v) is 4.39. The van der Waals surface area contributed by atoms with Crippen molar-refractivity contribution in [3.05, 3.63) is 53.4 Å². The Morgan fingerprint density at radius 3 is 2.70 bits per heavy atom. The molecule has 0 aliphatic rings. The Kier molecular flexibility index (Phi) is 3.15. The zero-order valence-electron chi connectivity index (χ0n) is 9.94. The predicted octanol–water partition coefficient (Wildman–Crippen LogP) is 3.70. The highest BCUT2D eigenvalue weighted by molar-refractivity contribution is 6.31. The van der Waals surface area contributed by atoms with Crippen molar-refractivity contribution in [1.82, 2.24) is 15.0 Å². The van der Waals surface area contributed by atoms with Crippen LogP contribution in [0.1, 0.15) is 0 Å². The fraction of sp³-hybridized carbons (Fsp3) is 0. The van der Waals surface area contributed by atoms with Crippen molar-refractivity contribution in [2.24, 2.45) is 0 Å². The van der Waals surface area contributed by atoms with E-state index in [1.807, 2.05) is 0 Å². The molecule has 0 bridgehead atoms. The summed E-state index contributed by atoms with van der Waals surface area (Å²) in [6.07, 6.45) is 1.33. The predicted molar refractivity (Wildman–Crippen MR) is 72.0 cm³/mol. The molecule has 0 aliphatic carbocycles. The number of fused-ring (bicyclic) bond motifs is 1. The number of rotatable bonds is 2. The molecule has 100 valence electrons. The molecular weight excluding hydrogens is 286 g/mol. The van der Waals surface area contributed by atoms with Gasteiger partial charge in [-0.3, -0.25) is 0 Å². The van der Waals surface area contributed by atoms with E-state index in [4.69, 9.17) is 11.6 Å². The molecule has 1 N–H and O–H groups in total. The second-order valence-electron chi connectivity index (χ2n) is 3.98. The smallest absolute Gasteiger partial charge is 0.213 e. The molecule has 4 nitrogen and oxygen atoms in total. The average Bonchev–Trinajstić information content (AvgIpc) is 2.44. The van der Waals surface area contributed by atoms with Gasteiger partial charge < -0.3 is 5.32 Å². The van der Waals surface area contributed by atoms with Crippen molar-refractivity contribution in [2.45, 2.75) is 0 Å². The maximum absolute atomic E-state index is 13.2. The lowest BCUT2D eigenvalue weighted by Gasteiger charge is -2.08. The molecule has 0 atom stereocenters. The number of nitrogens with zero attached hydrogens (tertiary/aromatic N) is 3. The molecular formula is C13H7ClF2N4. The van der Waals surface area contributed by atoms with Crippen LogP contribution in [0.15, 0.2) is 36.7 Å². The Morgan fingerprint density at radius 1 is 1.05 bits per heavy atom. The van der Waals surface area contributed by atoms with Crippen molar-refractivity contribution < 1.29 is 8.78 Å². The maximum atomic E-state index is 13.2. The van der Waals surface area contributed by atoms with Gasteiger partial charge in [-0.15, -0.1) is 0 Å². The van der Waals surface area contributed by atoms with Gasteiger partial charge in [-0.1, -0.05) is 11.6 Å². The van der Waals surface area contributed by atoms with Crippen molar-refractivity contribution in [3.63, 3.8) is 0 Å². The molecule has 2 aromatic heterocycles. The summed E-state index contributed by atoms with van der Waals surface area (Å²) < 4.78 is 26.3. The van der Waals surface area contributed by atoms with Gasteiger partial charge in [0.2, 0.25) is 5.95 Å². The van der Waals surface area contributed by atoms with Crippen LogP contribution in [0.5, 0.6) is 0 Å². The van der Waals surface area contributed by atoms with Gasteiger partial charge >= 0.3 is 0 Å². The fourth-order valence-corrected chi connectivity index (χ4v) is 1.90. The number of benzene rings is 1. The van der Waals surface area contributed by atoms with Crippen molar-refractivity contribution in [1.29, 1.82) is 0 Å². The van der Waals surface area contributed by atoms with Crippen LogP contribution < -0.4 is 5.32 Å². The van der Waals surface area contributed by atoms with Crippen molar-refractivity contribution in [2.75, 3.05) is 5.32 Å². The number of aromatic nitrogens is 3. The molecule has 0 aliphatic heterocycles. The van der Waals surface area contributed by atoms with E-state index in [0.717, 1.165) is 0 Å². The molecule has 7 heteroatoms. The van der Waals surface area contributed by atoms with Crippen LogP contribution in [0.4, 0.5) is 20.3 Å². The van der Waals surface area contributed by atoms with E-state index >= 15 is 0 Å². The largest absolute Gasteiger partial charge is 0.338 e. The van der Waals surface area contributed by atoms with E-state index in [9.17, 15) is 8.78 Å². The average molecular weight is 293 g/mol. The number of nitrogens with one attached hydrogen (secondary N) is 1. The van der Waals surface area contributed by atoms with E-state index in [2.05, 4.69) is 20.3 Å². The molecule has 1 aromatic carbocycles. The van der Waals surface area contributed by atoms with Crippen LogP contribution in [-0.2, 0) is 0 Å². The first-order valence-electron chi connectivity index (χ1n) is 5.63. The normalized spacial score (nSPS) is 10.8. The maximum Gasteiger partial charge on any atom is 0.213 e. The Hall–Kier alpha value is -2.34. The SMILES string of the molecule is Fc1ccc2ncnc(Nc3ccc(F)c(Cl)c3)c2n1. The lowest BCUT2D eigenvalue weighted by Crippen LogP contribution is -1.98. The highest BCUT2D eigenvalue weighted by atomic mass is 35.5. The quantitative estimate of drug-likeness (QED) is 0.732. The third-order valence-electron chi connectivity index (χ3n) is 2.63. The van der Waals surface area contributed by atoms with Gasteiger partial charge in [0.25, 0.3) is 0 Å². The van der Waals surface area contributed by atoms with Crippen LogP contribution in [0, 0.1) is 11.8 Å². The highest BCUT2D eigenvalue weighted by Crippen LogP contribution is 2.24. The molecule has 0 saturated heterocycles. The lowest BCUT2D eigenvalue weighted by molar-refractivity contribution is 0.589. The van der Waals surface area contributed by atoms with Crippen LogP contribution >= 0.6 is 11.6 Å². The number of hydrogen-bond donors (Lipinski definition) is 1. The minimum atomic E-state index is -0.632. The molecule has 2 heterocycles. The zero-order valence-corrected chi connectivity index (χ0v) is 10.7. The van der Waals surface area contributed by atoms with E-state index < -0.39 is 11.8 Å². The second kappa shape index (κ2) is 4.97. The van der Waals surface area contributed by atoms with Crippen LogP contribution in [0.3, 0.4) is 0 Å². The van der Waals surface area contributed by atoms with E-state index in [1.54, 1.807) is 0 Å². The number of pyridine rings is 1. The molecule has 0 fully saturated rings. The summed E-state index contributed by atoms with van der Waals surface area (Å²) in [5.41, 5.74) is 1.30. The molecule has 0 spiro atoms. The summed E-state index contributed by atoms with van der Waals surface area (Å²) in [4.78, 5) is 11.7. The van der Waals surface area contributed by atoms with Gasteiger partial charge in [-0.2, -0.15) is 4.39 Å². The Balaban J connectivity index is 2.05. The number of halogens is 3. The molecule has 0 radical (unpaired) electrons. The third kappa shape index (κ3) is 2.37. The van der Waals surface area contributed by atoms with Crippen LogP contribution in [-0.4, -0.2) is 15.0 Å². The summed E-state index contributed by atoms with van der Waals surface area (Å²) in [5, 5.41) is 2.89. The summed E-state index contributed by atoms with van der Waals surface area (Å²) in [6, 6.07) is 6.84. The van der Waals surface area contributed by atoms with Crippen molar-refractivity contribution >= 4 is 34.1 Å². The molecule has 3 rings (SSSR count). The zero-order chi connectivity index (χ0) is 14.1. The van der Waals surface area contributed by atoms with Gasteiger partial charge in [-0.25, -0.2) is 19.3 Å². The van der Waals surface area contributed by atoms with Gasteiger partial charge in [0.1, 0.15) is 17.7 Å². The van der Waals surface area contributed by atoms with Crippen LogP contribution in [0.2, 0.25) is 5.02 Å². The molecule has 0 unspecified atom stereocenters. The fourth-order valence-electron chi connectivity index (χ4n) is 1.72. The first-order chi connectivity index (χ1) is 9.63. The molecule has 3 aromatic rings. The summed E-state index contributed by atoms with van der Waals surface area (Å²) in [6.45, 7) is 0. The van der Waals surface area contributed by atoms with E-state index in [1.165, 1.54) is 36.7 Å². The van der Waals surface area contributed by atoms with E-state index in [0.29, 0.717) is 17.0 Å². The monoisotopic (exact) mass is 292 g/mol. The Labute approximate surface area is 117 Å². The van der Waals surface area contributed by atoms with Crippen LogP contribution in [0.25, 0.3) is 11.0 Å². The Bertz CT molecular complexity index is 794. The van der Waals surface area contributed by atoms with Gasteiger partial charge in [0.15, 0.2) is 5.82 Å². The molecule has 0 amide bonds. The minimum absolute atomic E-state index is 0.0208. The first kappa shape index (κ1) is 12.7. The standard InChI is InChI=1S/C13H7ClF2N4/c14-8-5-7(1-2-9(8)15)19-13-12-10(17-6-18-13)3-4-11(16)20-12/h1-6H,(H,17,18,19). The third-order valence-corrected chi connectivity index (χ3v) is 2.92. The van der Waals surface area contributed by atoms with Gasteiger partial charge in [0, 0.05) is 5.69 Å². The van der Waals surface area contributed by atoms with Gasteiger partial charge in [0.05, 0.1) is 10.5 Å². The summed E-state index contributed by atoms with van der Waals surface area (Å²) in [7, 11) is 0. The lowest BCUT2D eigenvalue weighted by atomic mass is 10.3. The first-order valence-corrected chi connectivity index (χ1v) is 6.00. The summed E-state index contributed by atoms with van der Waals surface area (Å²) >= 11 is 5.70. The number of anilines is 2. The number of hydrogen-bond acceptors (Lipinski definition) is 4. The summed E-state index contributed by atoms with van der Waals surface area (Å²) in [5.74, 6) is -0.835. The topological polar surface area (TPSA) is 50.7 Å². The van der Waals surface area contributed by atoms with Crippen molar-refractivity contribution in [3.8, 4) is 0 Å². The van der Waals surface area contributed by atoms with E-state index in [-0.39, 0.29) is 10.5 Å². The molecule has 20 heavy (non-hydrogen) atoms. The van der Waals surface area contributed by atoms with Gasteiger partial charge in [-0.05, 0) is 30.3 Å². The molecule has 0 saturated carbocycles. The highest BCUT2D eigenvalue weighted by Gasteiger charge is 2.08. The minimum Gasteiger partial charge on any atom is -0.338 e. The Morgan fingerprint density at radius 2 is 1.90 bits per heavy atom.